The van der Waals surface area contributed by atoms with E-state index in [2.05, 4.69) is 38.0 Å². The summed E-state index contributed by atoms with van der Waals surface area (Å²) in [5, 5.41) is 0. The van der Waals surface area contributed by atoms with Crippen molar-refractivity contribution in [2.45, 2.75) is 24.8 Å². The summed E-state index contributed by atoms with van der Waals surface area (Å²) < 4.78 is 0. The van der Waals surface area contributed by atoms with Gasteiger partial charge in [-0.25, -0.2) is 0 Å². The van der Waals surface area contributed by atoms with E-state index in [4.69, 9.17) is 0 Å². The predicted octanol–water partition coefficient (Wildman–Crippen LogP) is 1.03. The molecule has 1 rings (SSSR count). The van der Waals surface area contributed by atoms with Crippen molar-refractivity contribution >= 4 is 0 Å². The molecule has 11 heavy (non-hydrogen) atoms. The van der Waals surface area contributed by atoms with E-state index < -0.39 is 0 Å². The molecule has 1 saturated carbocycles. The summed E-state index contributed by atoms with van der Waals surface area (Å²) in [5.41, 5.74) is 0.503. The van der Waals surface area contributed by atoms with Crippen LogP contribution in [0.25, 0.3) is 0 Å². The third kappa shape index (κ3) is 1.74. The molecule has 0 atom stereocenters. The first-order valence-corrected chi connectivity index (χ1v) is 4.39. The van der Waals surface area contributed by atoms with Gasteiger partial charge in [-0.2, -0.15) is 0 Å². The highest BCUT2D eigenvalue weighted by atomic mass is 15.2. The standard InChI is InChI=1S/C9H20N2/c1-10(2)8-9(11(3)4)6-5-7-9/h5-8H2,1-4H3. The average Bonchev–Trinajstić information content (AvgIpc) is 1.77. The lowest BCUT2D eigenvalue weighted by molar-refractivity contribution is 0.0343. The smallest absolute Gasteiger partial charge is 0.0330 e. The van der Waals surface area contributed by atoms with Crippen molar-refractivity contribution < 1.29 is 0 Å². The van der Waals surface area contributed by atoms with Gasteiger partial charge in [0.2, 0.25) is 0 Å². The van der Waals surface area contributed by atoms with Crippen LogP contribution in [0.5, 0.6) is 0 Å². The Morgan fingerprint density at radius 1 is 1.09 bits per heavy atom. The Kier molecular flexibility index (Phi) is 2.55. The van der Waals surface area contributed by atoms with Gasteiger partial charge in [0.05, 0.1) is 0 Å². The van der Waals surface area contributed by atoms with Crippen LogP contribution in [-0.2, 0) is 0 Å². The monoisotopic (exact) mass is 156 g/mol. The molecule has 0 amide bonds. The van der Waals surface area contributed by atoms with Crippen LogP contribution in [0, 0.1) is 0 Å². The van der Waals surface area contributed by atoms with Gasteiger partial charge in [-0.3, -0.25) is 0 Å². The van der Waals surface area contributed by atoms with E-state index in [0.29, 0.717) is 5.54 Å². The molecule has 0 aromatic heterocycles. The summed E-state index contributed by atoms with van der Waals surface area (Å²) in [4.78, 5) is 4.68. The lowest BCUT2D eigenvalue weighted by atomic mass is 9.75. The van der Waals surface area contributed by atoms with Gasteiger partial charge in [-0.1, -0.05) is 0 Å². The molecule has 2 nitrogen and oxygen atoms in total. The third-order valence-corrected chi connectivity index (χ3v) is 2.84. The minimum atomic E-state index is 0.503. The van der Waals surface area contributed by atoms with Crippen molar-refractivity contribution in [1.82, 2.24) is 9.80 Å². The molecule has 0 spiro atoms. The zero-order chi connectivity index (χ0) is 8.48. The molecule has 0 aromatic rings. The molecular weight excluding hydrogens is 136 g/mol. The first-order valence-electron chi connectivity index (χ1n) is 4.39. The van der Waals surface area contributed by atoms with E-state index in [1.165, 1.54) is 25.8 Å². The van der Waals surface area contributed by atoms with Crippen LogP contribution >= 0.6 is 0 Å². The molecular formula is C9H20N2. The van der Waals surface area contributed by atoms with Gasteiger partial charge in [0.1, 0.15) is 0 Å². The molecule has 0 unspecified atom stereocenters. The Morgan fingerprint density at radius 2 is 1.64 bits per heavy atom. The van der Waals surface area contributed by atoms with Gasteiger partial charge in [-0.05, 0) is 47.5 Å². The summed E-state index contributed by atoms with van der Waals surface area (Å²) >= 11 is 0. The molecule has 0 bridgehead atoms. The van der Waals surface area contributed by atoms with E-state index in [9.17, 15) is 0 Å². The summed E-state index contributed by atoms with van der Waals surface area (Å²) in [5.74, 6) is 0. The minimum absolute atomic E-state index is 0.503. The van der Waals surface area contributed by atoms with E-state index in [1.54, 1.807) is 0 Å². The minimum Gasteiger partial charge on any atom is -0.308 e. The molecule has 1 aliphatic carbocycles. The first kappa shape index (κ1) is 9.01. The fourth-order valence-electron chi connectivity index (χ4n) is 1.92. The number of hydrogen-bond acceptors (Lipinski definition) is 2. The zero-order valence-electron chi connectivity index (χ0n) is 8.22. The lowest BCUT2D eigenvalue weighted by Crippen LogP contribution is -2.56. The highest BCUT2D eigenvalue weighted by Gasteiger charge is 2.38. The van der Waals surface area contributed by atoms with Crippen LogP contribution in [0.1, 0.15) is 19.3 Å². The predicted molar refractivity (Wildman–Crippen MR) is 48.8 cm³/mol. The molecule has 1 fully saturated rings. The maximum atomic E-state index is 2.39. The summed E-state index contributed by atoms with van der Waals surface area (Å²) in [7, 11) is 8.71. The highest BCUT2D eigenvalue weighted by Crippen LogP contribution is 2.36. The van der Waals surface area contributed by atoms with Crippen molar-refractivity contribution in [3.8, 4) is 0 Å². The van der Waals surface area contributed by atoms with Gasteiger partial charge in [-0.15, -0.1) is 0 Å². The van der Waals surface area contributed by atoms with Gasteiger partial charge in [0.15, 0.2) is 0 Å². The van der Waals surface area contributed by atoms with Gasteiger partial charge in [0, 0.05) is 12.1 Å². The van der Waals surface area contributed by atoms with Crippen LogP contribution in [0.3, 0.4) is 0 Å². The maximum Gasteiger partial charge on any atom is 0.0330 e. The SMILES string of the molecule is CN(C)CC1(N(C)C)CCC1. The number of likely N-dealkylation sites (N-methyl/N-ethyl adjacent to an activating group) is 2. The molecule has 0 heterocycles. The Hall–Kier alpha value is -0.0800. The van der Waals surface area contributed by atoms with Gasteiger partial charge >= 0.3 is 0 Å². The largest absolute Gasteiger partial charge is 0.308 e. The third-order valence-electron chi connectivity index (χ3n) is 2.84. The van der Waals surface area contributed by atoms with Crippen molar-refractivity contribution in [2.24, 2.45) is 0 Å². The Labute approximate surface area is 70.2 Å². The highest BCUT2D eigenvalue weighted by molar-refractivity contribution is 4.97. The Bertz CT molecular complexity index is 126. The molecule has 0 aromatic carbocycles. The van der Waals surface area contributed by atoms with Gasteiger partial charge in [0.25, 0.3) is 0 Å². The van der Waals surface area contributed by atoms with Crippen molar-refractivity contribution in [2.75, 3.05) is 34.7 Å². The molecule has 0 saturated heterocycles. The van der Waals surface area contributed by atoms with E-state index in [-0.39, 0.29) is 0 Å². The van der Waals surface area contributed by atoms with Crippen LogP contribution in [0.4, 0.5) is 0 Å². The molecule has 0 aliphatic heterocycles. The Morgan fingerprint density at radius 3 is 1.73 bits per heavy atom. The fourth-order valence-corrected chi connectivity index (χ4v) is 1.92. The molecule has 66 valence electrons. The normalized spacial score (nSPS) is 22.4. The summed E-state index contributed by atoms with van der Waals surface area (Å²) in [6.45, 7) is 1.21. The van der Waals surface area contributed by atoms with Crippen LogP contribution in [0.15, 0.2) is 0 Å². The topological polar surface area (TPSA) is 6.48 Å². The van der Waals surface area contributed by atoms with Crippen molar-refractivity contribution in [3.05, 3.63) is 0 Å². The number of hydrogen-bond donors (Lipinski definition) is 0. The number of nitrogens with zero attached hydrogens (tertiary/aromatic N) is 2. The molecule has 0 N–H and O–H groups in total. The maximum absolute atomic E-state index is 2.39. The van der Waals surface area contributed by atoms with Crippen LogP contribution in [0.2, 0.25) is 0 Å². The lowest BCUT2D eigenvalue weighted by Gasteiger charge is -2.48. The van der Waals surface area contributed by atoms with Crippen LogP contribution < -0.4 is 0 Å². The molecule has 0 radical (unpaired) electrons. The second kappa shape index (κ2) is 3.11. The zero-order valence-corrected chi connectivity index (χ0v) is 8.22. The summed E-state index contributed by atoms with van der Waals surface area (Å²) in [6.07, 6.45) is 4.16. The van der Waals surface area contributed by atoms with Crippen molar-refractivity contribution in [3.63, 3.8) is 0 Å². The van der Waals surface area contributed by atoms with E-state index in [1.807, 2.05) is 0 Å². The van der Waals surface area contributed by atoms with E-state index >= 15 is 0 Å². The average molecular weight is 156 g/mol. The van der Waals surface area contributed by atoms with Crippen LogP contribution in [-0.4, -0.2) is 50.1 Å². The quantitative estimate of drug-likeness (QED) is 0.602. The van der Waals surface area contributed by atoms with Gasteiger partial charge < -0.3 is 9.80 Å². The Balaban J connectivity index is 2.47. The summed E-state index contributed by atoms with van der Waals surface area (Å²) in [6, 6.07) is 0. The fraction of sp³-hybridized carbons (Fsp3) is 1.00. The number of rotatable bonds is 3. The second-order valence-corrected chi connectivity index (χ2v) is 4.21. The first-order chi connectivity index (χ1) is 5.07. The molecule has 1 aliphatic rings. The van der Waals surface area contributed by atoms with Crippen molar-refractivity contribution in [1.29, 1.82) is 0 Å². The second-order valence-electron chi connectivity index (χ2n) is 4.21. The molecule has 2 heteroatoms. The van der Waals surface area contributed by atoms with E-state index in [0.717, 1.165) is 0 Å².